The number of rotatable bonds is 4. The number of hydrogen-bond donors (Lipinski definition) is 2. The van der Waals surface area contributed by atoms with Gasteiger partial charge >= 0.3 is 0 Å². The molecule has 0 spiro atoms. The van der Waals surface area contributed by atoms with Gasteiger partial charge in [0, 0.05) is 23.9 Å². The van der Waals surface area contributed by atoms with E-state index < -0.39 is 0 Å². The quantitative estimate of drug-likeness (QED) is 0.780. The van der Waals surface area contributed by atoms with E-state index in [1.54, 1.807) is 5.06 Å². The van der Waals surface area contributed by atoms with Gasteiger partial charge in [-0.25, -0.2) is 0 Å². The highest BCUT2D eigenvalue weighted by Crippen LogP contribution is 2.43. The van der Waals surface area contributed by atoms with E-state index in [1.807, 2.05) is 0 Å². The molecule has 0 bridgehead atoms. The zero-order valence-electron chi connectivity index (χ0n) is 13.9. The Bertz CT molecular complexity index is 330. The van der Waals surface area contributed by atoms with Crippen molar-refractivity contribution in [3.05, 3.63) is 0 Å². The van der Waals surface area contributed by atoms with Gasteiger partial charge in [-0.3, -0.25) is 0 Å². The SMILES string of the molecule is CCCC[N+]1(C2CC(C)(C)N(O)C(C)(C)C2)CC(O)C1. The Morgan fingerprint density at radius 1 is 1.10 bits per heavy atom. The summed E-state index contributed by atoms with van der Waals surface area (Å²) in [7, 11) is 0. The molecule has 2 fully saturated rings. The number of unbranched alkanes of at least 4 members (excludes halogenated alkanes) is 1. The zero-order valence-corrected chi connectivity index (χ0v) is 13.9. The fourth-order valence-corrected chi connectivity index (χ4v) is 4.53. The van der Waals surface area contributed by atoms with Gasteiger partial charge in [0.25, 0.3) is 0 Å². The molecular formula is C16H33N2O2+. The minimum atomic E-state index is -0.190. The largest absolute Gasteiger partial charge is 0.382 e. The average molecular weight is 285 g/mol. The highest BCUT2D eigenvalue weighted by atomic mass is 16.5. The van der Waals surface area contributed by atoms with Crippen molar-refractivity contribution in [2.45, 2.75) is 83.5 Å². The van der Waals surface area contributed by atoms with Crippen molar-refractivity contribution in [1.82, 2.24) is 5.06 Å². The van der Waals surface area contributed by atoms with Crippen molar-refractivity contribution in [2.24, 2.45) is 0 Å². The van der Waals surface area contributed by atoms with E-state index in [0.29, 0.717) is 6.04 Å². The summed E-state index contributed by atoms with van der Waals surface area (Å²) in [5.74, 6) is 0. The summed E-state index contributed by atoms with van der Waals surface area (Å²) in [4.78, 5) is 0. The minimum Gasteiger partial charge on any atom is -0.382 e. The molecule has 2 heterocycles. The number of hydrogen-bond acceptors (Lipinski definition) is 3. The Kier molecular flexibility index (Phi) is 4.25. The third-order valence-electron chi connectivity index (χ3n) is 5.50. The van der Waals surface area contributed by atoms with E-state index >= 15 is 0 Å². The van der Waals surface area contributed by atoms with Crippen LogP contribution in [0.25, 0.3) is 0 Å². The molecule has 118 valence electrons. The van der Waals surface area contributed by atoms with Crippen LogP contribution >= 0.6 is 0 Å². The first-order valence-corrected chi connectivity index (χ1v) is 8.16. The normalized spacial score (nSPS) is 37.6. The summed E-state index contributed by atoms with van der Waals surface area (Å²) in [5.41, 5.74) is -0.380. The van der Waals surface area contributed by atoms with Crippen molar-refractivity contribution >= 4 is 0 Å². The van der Waals surface area contributed by atoms with Crippen molar-refractivity contribution in [3.8, 4) is 0 Å². The number of quaternary nitrogens is 1. The van der Waals surface area contributed by atoms with Crippen molar-refractivity contribution in [2.75, 3.05) is 19.6 Å². The lowest BCUT2D eigenvalue weighted by Gasteiger charge is -2.60. The Morgan fingerprint density at radius 2 is 1.60 bits per heavy atom. The van der Waals surface area contributed by atoms with Gasteiger partial charge in [-0.2, -0.15) is 5.06 Å². The van der Waals surface area contributed by atoms with Crippen LogP contribution in [0.2, 0.25) is 0 Å². The monoisotopic (exact) mass is 285 g/mol. The lowest BCUT2D eigenvalue weighted by atomic mass is 9.76. The number of nitrogens with zero attached hydrogens (tertiary/aromatic N) is 2. The molecule has 0 atom stereocenters. The van der Waals surface area contributed by atoms with Crippen LogP contribution in [0.3, 0.4) is 0 Å². The maximum Gasteiger partial charge on any atom is 0.152 e. The second-order valence-corrected chi connectivity index (χ2v) is 8.31. The predicted octanol–water partition coefficient (Wildman–Crippen LogP) is 2.39. The molecule has 0 amide bonds. The number of hydroxylamine groups is 2. The van der Waals surface area contributed by atoms with E-state index in [1.165, 1.54) is 19.4 Å². The highest BCUT2D eigenvalue weighted by Gasteiger charge is 2.56. The maximum absolute atomic E-state index is 10.4. The smallest absolute Gasteiger partial charge is 0.152 e. The third-order valence-corrected chi connectivity index (χ3v) is 5.50. The standard InChI is InChI=1S/C16H33N2O2/c1-6-7-8-18(11-14(19)12-18)13-9-15(2,3)17(20)16(4,5)10-13/h13-14,19-20H,6-12H2,1-5H3/q+1. The van der Waals surface area contributed by atoms with Crippen LogP contribution in [0, 0.1) is 0 Å². The molecule has 0 saturated carbocycles. The van der Waals surface area contributed by atoms with E-state index in [-0.39, 0.29) is 17.2 Å². The van der Waals surface area contributed by atoms with Crippen molar-refractivity contribution in [1.29, 1.82) is 0 Å². The lowest BCUT2D eigenvalue weighted by Crippen LogP contribution is -2.75. The van der Waals surface area contributed by atoms with Crippen LogP contribution in [0.4, 0.5) is 0 Å². The summed E-state index contributed by atoms with van der Waals surface area (Å²) in [6, 6.07) is 0.554. The molecule has 2 rings (SSSR count). The van der Waals surface area contributed by atoms with Gasteiger partial charge in [0.15, 0.2) is 6.10 Å². The van der Waals surface area contributed by atoms with Gasteiger partial charge in [0.05, 0.1) is 12.6 Å². The molecule has 0 aromatic heterocycles. The number of likely N-dealkylation sites (tertiary alicyclic amines) is 1. The topological polar surface area (TPSA) is 43.7 Å². The molecule has 4 nitrogen and oxygen atoms in total. The van der Waals surface area contributed by atoms with E-state index in [4.69, 9.17) is 0 Å². The summed E-state index contributed by atoms with van der Waals surface area (Å²) in [6.07, 6.45) is 4.33. The average Bonchev–Trinajstić information content (AvgIpc) is 2.29. The zero-order chi connectivity index (χ0) is 15.2. The van der Waals surface area contributed by atoms with E-state index in [9.17, 15) is 10.3 Å². The van der Waals surface area contributed by atoms with Crippen LogP contribution in [0.1, 0.15) is 60.3 Å². The molecule has 20 heavy (non-hydrogen) atoms. The first kappa shape index (κ1) is 16.2. The summed E-state index contributed by atoms with van der Waals surface area (Å²) < 4.78 is 1.07. The number of piperidine rings is 1. The second kappa shape index (κ2) is 5.24. The Balaban J connectivity index is 2.18. The van der Waals surface area contributed by atoms with Crippen LogP contribution in [0.15, 0.2) is 0 Å². The lowest BCUT2D eigenvalue weighted by molar-refractivity contribution is -0.996. The minimum absolute atomic E-state index is 0.120. The Morgan fingerprint density at radius 3 is 2.00 bits per heavy atom. The van der Waals surface area contributed by atoms with Gasteiger partial charge in [-0.15, -0.1) is 0 Å². The molecule has 0 unspecified atom stereocenters. The molecule has 4 heteroatoms. The summed E-state index contributed by atoms with van der Waals surface area (Å²) >= 11 is 0. The Labute approximate surface area is 123 Å². The third kappa shape index (κ3) is 2.76. The second-order valence-electron chi connectivity index (χ2n) is 8.31. The van der Waals surface area contributed by atoms with Gasteiger partial charge in [-0.05, 0) is 34.1 Å². The Hall–Kier alpha value is -0.160. The van der Waals surface area contributed by atoms with Crippen LogP contribution in [-0.2, 0) is 0 Å². The van der Waals surface area contributed by atoms with Gasteiger partial charge in [0.1, 0.15) is 13.1 Å². The molecule has 2 aliphatic rings. The van der Waals surface area contributed by atoms with E-state index in [2.05, 4.69) is 34.6 Å². The molecule has 2 aliphatic heterocycles. The fourth-order valence-electron chi connectivity index (χ4n) is 4.53. The summed E-state index contributed by atoms with van der Waals surface area (Å²) in [6.45, 7) is 13.7. The van der Waals surface area contributed by atoms with E-state index in [0.717, 1.165) is 30.4 Å². The molecule has 0 aromatic carbocycles. The van der Waals surface area contributed by atoms with Gasteiger partial charge in [0.2, 0.25) is 0 Å². The summed E-state index contributed by atoms with van der Waals surface area (Å²) in [5, 5.41) is 21.9. The fraction of sp³-hybridized carbons (Fsp3) is 1.00. The predicted molar refractivity (Wildman–Crippen MR) is 80.6 cm³/mol. The first-order valence-electron chi connectivity index (χ1n) is 8.16. The van der Waals surface area contributed by atoms with Crippen LogP contribution < -0.4 is 0 Å². The number of aliphatic hydroxyl groups excluding tert-OH is 1. The molecule has 2 saturated heterocycles. The molecule has 0 radical (unpaired) electrons. The molecule has 0 aliphatic carbocycles. The highest BCUT2D eigenvalue weighted by molar-refractivity contribution is 4.98. The van der Waals surface area contributed by atoms with Crippen LogP contribution in [0.5, 0.6) is 0 Å². The molecule has 2 N–H and O–H groups in total. The first-order chi connectivity index (χ1) is 9.13. The van der Waals surface area contributed by atoms with Crippen molar-refractivity contribution in [3.63, 3.8) is 0 Å². The van der Waals surface area contributed by atoms with Crippen LogP contribution in [-0.4, -0.2) is 62.7 Å². The van der Waals surface area contributed by atoms with Crippen molar-refractivity contribution < 1.29 is 14.8 Å². The number of aliphatic hydroxyl groups is 1. The van der Waals surface area contributed by atoms with Gasteiger partial charge in [-0.1, -0.05) is 13.3 Å². The maximum atomic E-state index is 10.4. The molecule has 0 aromatic rings. The molecular weight excluding hydrogens is 252 g/mol. The van der Waals surface area contributed by atoms with Gasteiger partial charge < -0.3 is 14.8 Å².